The van der Waals surface area contributed by atoms with Gasteiger partial charge in [-0.3, -0.25) is 18.9 Å². The molecule has 0 aliphatic carbocycles. The Bertz CT molecular complexity index is 2080. The summed E-state index contributed by atoms with van der Waals surface area (Å²) in [6, 6.07) is 0.493. The summed E-state index contributed by atoms with van der Waals surface area (Å²) < 4.78 is 47.6. The number of amides is 2. The van der Waals surface area contributed by atoms with Crippen molar-refractivity contribution < 1.29 is 51.6 Å². The van der Waals surface area contributed by atoms with Crippen LogP contribution >= 0.6 is 11.3 Å². The normalized spacial score (nSPS) is 18.1. The number of nitrogens with one attached hydrogen (secondary N) is 2. The number of aromatic nitrogens is 2. The number of carbonyl (C=O) groups is 4. The van der Waals surface area contributed by atoms with Crippen LogP contribution in [0.2, 0.25) is 0 Å². The molecule has 276 valence electrons. The van der Waals surface area contributed by atoms with E-state index in [9.17, 15) is 36.8 Å². The number of hydrogen-bond acceptors (Lipinski definition) is 14. The fourth-order valence-electron chi connectivity index (χ4n) is 5.07. The molecule has 2 aliphatic rings. The first-order valence-electron chi connectivity index (χ1n) is 15.2. The Hall–Kier alpha value is -5.19. The van der Waals surface area contributed by atoms with Crippen molar-refractivity contribution in [3.05, 3.63) is 51.0 Å². The van der Waals surface area contributed by atoms with Crippen LogP contribution < -0.4 is 26.7 Å². The lowest BCUT2D eigenvalue weighted by atomic mass is 10.0. The van der Waals surface area contributed by atoms with Gasteiger partial charge in [-0.15, -0.1) is 11.3 Å². The molecule has 2 aromatic heterocycles. The zero-order valence-electron chi connectivity index (χ0n) is 27.6. The van der Waals surface area contributed by atoms with Gasteiger partial charge < -0.3 is 40.9 Å². The number of thiazole rings is 1. The summed E-state index contributed by atoms with van der Waals surface area (Å²) in [4.78, 5) is 69.8. The fourth-order valence-corrected chi connectivity index (χ4v) is 6.50. The van der Waals surface area contributed by atoms with Crippen molar-refractivity contribution >= 4 is 72.8 Å². The van der Waals surface area contributed by atoms with E-state index >= 15 is 0 Å². The molecule has 0 unspecified atom stereocenters. The third kappa shape index (κ3) is 8.24. The summed E-state index contributed by atoms with van der Waals surface area (Å²) in [5.74, 6) is -5.17. The zero-order chi connectivity index (χ0) is 38.0. The van der Waals surface area contributed by atoms with E-state index < -0.39 is 68.7 Å². The highest BCUT2D eigenvalue weighted by atomic mass is 32.2. The molecule has 0 spiro atoms. The molecule has 2 atom stereocenters. The van der Waals surface area contributed by atoms with E-state index in [1.807, 2.05) is 11.8 Å². The highest BCUT2D eigenvalue weighted by Crippen LogP contribution is 2.26. The van der Waals surface area contributed by atoms with Crippen molar-refractivity contribution in [1.29, 1.82) is 0 Å². The van der Waals surface area contributed by atoms with Gasteiger partial charge >= 0.3 is 22.2 Å². The van der Waals surface area contributed by atoms with Gasteiger partial charge in [-0.2, -0.15) is 8.42 Å². The summed E-state index contributed by atoms with van der Waals surface area (Å²) in [5.41, 5.74) is 3.27. The van der Waals surface area contributed by atoms with Gasteiger partial charge in [0.15, 0.2) is 10.8 Å². The molecule has 2 fully saturated rings. The Morgan fingerprint density at radius 1 is 1.22 bits per heavy atom. The number of benzene rings is 1. The van der Waals surface area contributed by atoms with Crippen LogP contribution in [0, 0.1) is 5.82 Å². The van der Waals surface area contributed by atoms with Crippen LogP contribution in [0.25, 0.3) is 10.9 Å². The monoisotopic (exact) mass is 754 g/mol. The molecule has 2 saturated heterocycles. The van der Waals surface area contributed by atoms with Crippen molar-refractivity contribution in [1.82, 2.24) is 24.5 Å². The summed E-state index contributed by atoms with van der Waals surface area (Å²) >= 11 is 0.980. The number of aryl methyl sites for hydroxylation is 1. The van der Waals surface area contributed by atoms with Crippen LogP contribution in [-0.4, -0.2) is 110 Å². The zero-order valence-corrected chi connectivity index (χ0v) is 29.2. The maximum absolute atomic E-state index is 14.5. The Morgan fingerprint density at radius 3 is 2.37 bits per heavy atom. The molecule has 7 N–H and O–H groups in total. The number of carbonyl (C=O) groups excluding carboxylic acids is 2. The SMILES string of the molecule is CCn1cc(C(=O)O)c(=O)c2cc(F)c(N3CCNCC3)cc21.C[C@H]1[C@H](NC(=O)/C(=N\OC(C)(C)C(=O)O)c2csc(N)n2)C(=O)N1S(=O)(=O)O. The largest absolute Gasteiger partial charge is 0.478 e. The van der Waals surface area contributed by atoms with Crippen molar-refractivity contribution in [2.75, 3.05) is 36.8 Å². The number of aromatic carboxylic acids is 1. The van der Waals surface area contributed by atoms with Gasteiger partial charge in [-0.05, 0) is 39.8 Å². The fraction of sp³-hybridized carbons (Fsp3) is 0.414. The standard InChI is InChI=1S/C16H18FN3O3.C13H17N5O8S2/c1-2-19-9-11(16(22)23)15(21)10-7-12(17)14(8-13(10)19)20-5-3-18-4-6-20;1-5-7(10(20)18(5)28(23,24)25)16-9(19)8(6-4-27-12(14)15-6)17-26-13(2,3)11(21)22/h7-9,18H,2-6H2,1H3,(H,22,23);4-5,7H,1-3H3,(H2,14,15)(H,16,19)(H,21,22)(H,23,24,25)/b;17-8-/t;5-,7-/m.0/s1. The maximum Gasteiger partial charge on any atom is 0.362 e. The molecule has 2 aliphatic heterocycles. The van der Waals surface area contributed by atoms with E-state index in [-0.39, 0.29) is 26.1 Å². The number of nitrogens with zero attached hydrogens (tertiary/aromatic N) is 5. The average Bonchev–Trinajstić information content (AvgIpc) is 3.49. The molecule has 22 heteroatoms. The summed E-state index contributed by atoms with van der Waals surface area (Å²) in [6.07, 6.45) is 1.33. The van der Waals surface area contributed by atoms with E-state index in [2.05, 4.69) is 20.8 Å². The van der Waals surface area contributed by atoms with E-state index in [0.29, 0.717) is 30.8 Å². The summed E-state index contributed by atoms with van der Waals surface area (Å²) in [5, 5.41) is 28.8. The number of halogens is 1. The highest BCUT2D eigenvalue weighted by Gasteiger charge is 2.51. The molecule has 19 nitrogen and oxygen atoms in total. The second-order valence-corrected chi connectivity index (χ2v) is 13.9. The Labute approximate surface area is 293 Å². The topological polar surface area (TPSA) is 276 Å². The third-order valence-corrected chi connectivity index (χ3v) is 9.59. The minimum atomic E-state index is -4.76. The second kappa shape index (κ2) is 15.0. The Morgan fingerprint density at radius 2 is 1.86 bits per heavy atom. The number of oxime groups is 1. The average molecular weight is 755 g/mol. The number of rotatable bonds is 10. The Balaban J connectivity index is 0.000000233. The van der Waals surface area contributed by atoms with E-state index in [4.69, 9.17) is 25.3 Å². The number of fused-ring (bicyclic) bond motifs is 1. The van der Waals surface area contributed by atoms with Gasteiger partial charge in [-0.1, -0.05) is 5.16 Å². The van der Waals surface area contributed by atoms with E-state index in [0.717, 1.165) is 30.5 Å². The van der Waals surface area contributed by atoms with E-state index in [1.54, 1.807) is 10.6 Å². The number of β-lactam (4-membered cyclic amide) rings is 1. The van der Waals surface area contributed by atoms with Gasteiger partial charge in [0.1, 0.15) is 23.1 Å². The molecule has 2 amide bonds. The predicted molar refractivity (Wildman–Crippen MR) is 182 cm³/mol. The number of piperazine rings is 1. The van der Waals surface area contributed by atoms with Crippen molar-refractivity contribution in [3.8, 4) is 0 Å². The highest BCUT2D eigenvalue weighted by molar-refractivity contribution is 7.84. The van der Waals surface area contributed by atoms with Crippen LogP contribution in [0.1, 0.15) is 43.7 Å². The maximum atomic E-state index is 14.5. The molecule has 3 aromatic rings. The van der Waals surface area contributed by atoms with Crippen LogP contribution in [0.15, 0.2) is 33.7 Å². The molecule has 4 heterocycles. The first kappa shape index (κ1) is 38.6. The molecular weight excluding hydrogens is 719 g/mol. The van der Waals surface area contributed by atoms with Gasteiger partial charge in [0, 0.05) is 49.7 Å². The van der Waals surface area contributed by atoms with Gasteiger partial charge in [0.2, 0.25) is 11.0 Å². The first-order valence-corrected chi connectivity index (χ1v) is 17.4. The smallest absolute Gasteiger partial charge is 0.362 e. The van der Waals surface area contributed by atoms with Gasteiger partial charge in [-0.25, -0.2) is 23.3 Å². The lowest BCUT2D eigenvalue weighted by Gasteiger charge is -2.42. The molecule has 51 heavy (non-hydrogen) atoms. The molecule has 1 aromatic carbocycles. The number of carboxylic acid groups (broad SMARTS) is 2. The van der Waals surface area contributed by atoms with Gasteiger partial charge in [0.25, 0.3) is 11.8 Å². The number of carboxylic acids is 2. The summed E-state index contributed by atoms with van der Waals surface area (Å²) in [7, 11) is -4.76. The molecule has 5 rings (SSSR count). The van der Waals surface area contributed by atoms with Crippen LogP contribution in [0.3, 0.4) is 0 Å². The van der Waals surface area contributed by atoms with Crippen molar-refractivity contribution in [2.45, 2.75) is 51.9 Å². The minimum absolute atomic E-state index is 0.0350. The predicted octanol–water partition coefficient (Wildman–Crippen LogP) is 0.0958. The number of nitrogens with two attached hydrogens (primary N) is 1. The molecular formula is C29H35FN8O11S2. The lowest BCUT2D eigenvalue weighted by Crippen LogP contribution is -2.71. The number of aliphatic carboxylic acids is 1. The van der Waals surface area contributed by atoms with Crippen LogP contribution in [0.4, 0.5) is 15.2 Å². The van der Waals surface area contributed by atoms with Gasteiger partial charge in [0.05, 0.1) is 17.2 Å². The number of nitrogen functional groups attached to an aromatic ring is 1. The molecule has 0 bridgehead atoms. The molecule has 0 saturated carbocycles. The third-order valence-electron chi connectivity index (χ3n) is 7.91. The number of hydrogen-bond donors (Lipinski definition) is 6. The second-order valence-electron chi connectivity index (χ2n) is 11.7. The molecule has 0 radical (unpaired) electrons. The first-order chi connectivity index (χ1) is 23.8. The summed E-state index contributed by atoms with van der Waals surface area (Å²) in [6.45, 7) is 8.95. The quantitative estimate of drug-likeness (QED) is 0.0693. The van der Waals surface area contributed by atoms with E-state index in [1.165, 1.54) is 32.3 Å². The number of pyridine rings is 1. The lowest BCUT2D eigenvalue weighted by molar-refractivity contribution is -0.161. The van der Waals surface area contributed by atoms with Crippen LogP contribution in [-0.2, 0) is 36.1 Å². The van der Waals surface area contributed by atoms with Crippen molar-refractivity contribution in [3.63, 3.8) is 0 Å². The minimum Gasteiger partial charge on any atom is -0.478 e. The Kier molecular flexibility index (Phi) is 11.3. The van der Waals surface area contributed by atoms with Crippen molar-refractivity contribution in [2.24, 2.45) is 5.16 Å². The van der Waals surface area contributed by atoms with Crippen LogP contribution in [0.5, 0.6) is 0 Å². The number of anilines is 2.